The fraction of sp³-hybridized carbons (Fsp3) is 0.458. The first-order chi connectivity index (χ1) is 14.9. The van der Waals surface area contributed by atoms with E-state index in [1.165, 1.54) is 6.07 Å². The van der Waals surface area contributed by atoms with Crippen LogP contribution in [0.4, 0.5) is 18.0 Å². The van der Waals surface area contributed by atoms with Gasteiger partial charge in [0.2, 0.25) is 0 Å². The summed E-state index contributed by atoms with van der Waals surface area (Å²) in [6.45, 7) is 5.85. The Balaban J connectivity index is 1.89. The molecular weight excluding hydrogens is 487 g/mol. The molecule has 0 saturated carbocycles. The smallest absolute Gasteiger partial charge is 0.416 e. The number of hydrogen-bond acceptors (Lipinski definition) is 3. The van der Waals surface area contributed by atoms with Crippen molar-refractivity contribution in [2.75, 3.05) is 6.54 Å². The number of hydrogen-bond donors (Lipinski definition) is 0. The van der Waals surface area contributed by atoms with Crippen LogP contribution in [0.2, 0.25) is 0 Å². The molecule has 1 fully saturated rings. The Hall–Kier alpha value is -2.06. The zero-order valence-corrected chi connectivity index (χ0v) is 19.9. The predicted molar refractivity (Wildman–Crippen MR) is 119 cm³/mol. The number of carbonyl (C=O) groups excluding carboxylic acids is 1. The van der Waals surface area contributed by atoms with Crippen molar-refractivity contribution in [2.45, 2.75) is 62.5 Å². The second-order valence-corrected chi connectivity index (χ2v) is 10.2. The number of carbonyl (C=O) groups is 1. The van der Waals surface area contributed by atoms with Crippen LogP contribution in [0.25, 0.3) is 0 Å². The molecule has 1 aliphatic rings. The van der Waals surface area contributed by atoms with E-state index in [1.54, 1.807) is 31.7 Å². The predicted octanol–water partition coefficient (Wildman–Crippen LogP) is 7.09. The Morgan fingerprint density at radius 2 is 1.81 bits per heavy atom. The van der Waals surface area contributed by atoms with E-state index < -0.39 is 34.0 Å². The molecule has 0 bridgehead atoms. The molecular formula is C24H27BrF3NO3. The first-order valence-corrected chi connectivity index (χ1v) is 11.2. The summed E-state index contributed by atoms with van der Waals surface area (Å²) >= 11 is 3.71. The minimum atomic E-state index is -4.42. The molecule has 3 rings (SSSR count). The molecule has 0 radical (unpaired) electrons. The molecule has 1 amide bonds. The fourth-order valence-electron chi connectivity index (χ4n) is 3.76. The monoisotopic (exact) mass is 513 g/mol. The summed E-state index contributed by atoms with van der Waals surface area (Å²) in [5.74, 6) is 0. The van der Waals surface area contributed by atoms with Gasteiger partial charge in [-0.3, -0.25) is 4.90 Å². The van der Waals surface area contributed by atoms with Gasteiger partial charge in [-0.2, -0.15) is 13.2 Å². The molecule has 0 aromatic heterocycles. The number of benzene rings is 2. The van der Waals surface area contributed by atoms with Gasteiger partial charge in [0.05, 0.1) is 18.2 Å². The highest BCUT2D eigenvalue weighted by atomic mass is 79.9. The molecule has 2 unspecified atom stereocenters. The third-order valence-electron chi connectivity index (χ3n) is 5.11. The summed E-state index contributed by atoms with van der Waals surface area (Å²) < 4.78 is 50.1. The fourth-order valence-corrected chi connectivity index (χ4v) is 4.67. The van der Waals surface area contributed by atoms with Gasteiger partial charge in [0.1, 0.15) is 10.1 Å². The number of piperidine rings is 1. The van der Waals surface area contributed by atoms with Crippen molar-refractivity contribution >= 4 is 22.0 Å². The highest BCUT2D eigenvalue weighted by Crippen LogP contribution is 2.47. The first-order valence-electron chi connectivity index (χ1n) is 10.4. The lowest BCUT2D eigenvalue weighted by molar-refractivity contribution is -0.137. The first kappa shape index (κ1) is 24.6. The average molecular weight is 514 g/mol. The van der Waals surface area contributed by atoms with Crippen LogP contribution in [-0.4, -0.2) is 27.6 Å². The van der Waals surface area contributed by atoms with Gasteiger partial charge >= 0.3 is 12.3 Å². The summed E-state index contributed by atoms with van der Waals surface area (Å²) in [4.78, 5) is 14.6. The Kier molecular flexibility index (Phi) is 7.25. The maximum atomic E-state index is 13.1. The Labute approximate surface area is 194 Å². The van der Waals surface area contributed by atoms with Crippen LogP contribution in [0.1, 0.15) is 56.3 Å². The summed E-state index contributed by atoms with van der Waals surface area (Å²) in [5, 5.41) is 0. The van der Waals surface area contributed by atoms with Gasteiger partial charge in [-0.1, -0.05) is 58.4 Å². The highest BCUT2D eigenvalue weighted by molar-refractivity contribution is 9.10. The maximum absolute atomic E-state index is 13.1. The number of halogens is 4. The van der Waals surface area contributed by atoms with E-state index in [2.05, 4.69) is 15.9 Å². The molecule has 1 aliphatic heterocycles. The summed E-state index contributed by atoms with van der Waals surface area (Å²) in [7, 11) is 0. The van der Waals surface area contributed by atoms with Crippen LogP contribution in [-0.2, 0) is 22.3 Å². The molecule has 4 nitrogen and oxygen atoms in total. The van der Waals surface area contributed by atoms with Crippen molar-refractivity contribution < 1.29 is 27.4 Å². The number of likely N-dealkylation sites (tertiary alicyclic amines) is 1. The molecule has 0 spiro atoms. The lowest BCUT2D eigenvalue weighted by atomic mass is 9.92. The minimum absolute atomic E-state index is 0.0410. The molecule has 2 atom stereocenters. The maximum Gasteiger partial charge on any atom is 0.416 e. The van der Waals surface area contributed by atoms with E-state index in [-0.39, 0.29) is 6.61 Å². The normalized spacial score (nSPS) is 22.0. The van der Waals surface area contributed by atoms with Crippen molar-refractivity contribution in [3.05, 3.63) is 71.3 Å². The summed E-state index contributed by atoms with van der Waals surface area (Å²) in [6.07, 6.45) is -3.66. The summed E-state index contributed by atoms with van der Waals surface area (Å²) in [5.41, 5.74) is -0.136. The van der Waals surface area contributed by atoms with Crippen LogP contribution in [0.3, 0.4) is 0 Å². The minimum Gasteiger partial charge on any atom is -0.444 e. The second kappa shape index (κ2) is 9.43. The van der Waals surface area contributed by atoms with Crippen molar-refractivity contribution in [3.8, 4) is 0 Å². The van der Waals surface area contributed by atoms with Gasteiger partial charge in [-0.05, 0) is 56.9 Å². The Morgan fingerprint density at radius 1 is 1.12 bits per heavy atom. The van der Waals surface area contributed by atoms with Gasteiger partial charge in [0.25, 0.3) is 0 Å². The molecule has 2 aromatic rings. The van der Waals surface area contributed by atoms with Crippen molar-refractivity contribution in [1.29, 1.82) is 0 Å². The lowest BCUT2D eigenvalue weighted by Gasteiger charge is -2.46. The van der Waals surface area contributed by atoms with Crippen molar-refractivity contribution in [1.82, 2.24) is 4.90 Å². The Bertz CT molecular complexity index is 930. The zero-order chi connectivity index (χ0) is 23.6. The SMILES string of the molecule is CC(C)(C)OC(=O)N1CCCC(Br)(OCc2cccc(C(F)(F)F)c2)C1c1ccccc1. The molecule has 0 N–H and O–H groups in total. The number of nitrogens with zero attached hydrogens (tertiary/aromatic N) is 1. The number of amides is 1. The zero-order valence-electron chi connectivity index (χ0n) is 18.3. The average Bonchev–Trinajstić information content (AvgIpc) is 2.71. The van der Waals surface area contributed by atoms with E-state index in [9.17, 15) is 18.0 Å². The second-order valence-electron chi connectivity index (χ2n) is 8.86. The molecule has 8 heteroatoms. The largest absolute Gasteiger partial charge is 0.444 e. The van der Waals surface area contributed by atoms with Crippen LogP contribution < -0.4 is 0 Å². The molecule has 1 saturated heterocycles. The molecule has 1 heterocycles. The molecule has 174 valence electrons. The van der Waals surface area contributed by atoms with E-state index in [4.69, 9.17) is 9.47 Å². The van der Waals surface area contributed by atoms with Gasteiger partial charge < -0.3 is 9.47 Å². The molecule has 0 aliphatic carbocycles. The van der Waals surface area contributed by atoms with E-state index in [1.807, 2.05) is 30.3 Å². The standard InChI is InChI=1S/C24H27BrF3NO3/c1-22(2,3)32-21(30)29-14-8-13-23(25,20(29)18-10-5-4-6-11-18)31-16-17-9-7-12-19(15-17)24(26,27)28/h4-7,9-12,15,20H,8,13-14,16H2,1-3H3. The molecule has 2 aromatic carbocycles. The number of alkyl halides is 4. The lowest BCUT2D eigenvalue weighted by Crippen LogP contribution is -2.52. The quantitative estimate of drug-likeness (QED) is 0.409. The van der Waals surface area contributed by atoms with E-state index in [0.717, 1.165) is 17.7 Å². The van der Waals surface area contributed by atoms with Crippen LogP contribution in [0, 0.1) is 0 Å². The van der Waals surface area contributed by atoms with Crippen molar-refractivity contribution in [2.24, 2.45) is 0 Å². The van der Waals surface area contributed by atoms with Gasteiger partial charge in [-0.25, -0.2) is 4.79 Å². The Morgan fingerprint density at radius 3 is 2.44 bits per heavy atom. The third kappa shape index (κ3) is 6.04. The highest BCUT2D eigenvalue weighted by Gasteiger charge is 2.47. The summed E-state index contributed by atoms with van der Waals surface area (Å²) in [6, 6.07) is 14.0. The van der Waals surface area contributed by atoms with Gasteiger partial charge in [0.15, 0.2) is 0 Å². The van der Waals surface area contributed by atoms with Crippen molar-refractivity contribution in [3.63, 3.8) is 0 Å². The topological polar surface area (TPSA) is 38.8 Å². The number of ether oxygens (including phenoxy) is 2. The van der Waals surface area contributed by atoms with Crippen LogP contribution in [0.15, 0.2) is 54.6 Å². The van der Waals surface area contributed by atoms with Crippen LogP contribution in [0.5, 0.6) is 0 Å². The number of rotatable bonds is 4. The van der Waals surface area contributed by atoms with E-state index in [0.29, 0.717) is 24.9 Å². The van der Waals surface area contributed by atoms with Gasteiger partial charge in [0, 0.05) is 6.54 Å². The third-order valence-corrected chi connectivity index (χ3v) is 6.17. The molecule has 32 heavy (non-hydrogen) atoms. The van der Waals surface area contributed by atoms with E-state index >= 15 is 0 Å². The van der Waals surface area contributed by atoms with Crippen LogP contribution >= 0.6 is 15.9 Å². The van der Waals surface area contributed by atoms with Gasteiger partial charge in [-0.15, -0.1) is 0 Å².